The van der Waals surface area contributed by atoms with Crippen molar-refractivity contribution in [2.24, 2.45) is 0 Å². The van der Waals surface area contributed by atoms with E-state index in [-0.39, 0.29) is 0 Å². The van der Waals surface area contributed by atoms with Crippen LogP contribution in [0.25, 0.3) is 125 Å². The highest BCUT2D eigenvalue weighted by atomic mass is 15.0. The number of aromatic nitrogens is 1. The van der Waals surface area contributed by atoms with Crippen LogP contribution in [-0.4, -0.2) is 4.57 Å². The highest BCUT2D eigenvalue weighted by Gasteiger charge is 2.19. The van der Waals surface area contributed by atoms with Crippen LogP contribution in [0, 0.1) is 0 Å². The minimum absolute atomic E-state index is 1.16. The van der Waals surface area contributed by atoms with Crippen LogP contribution in [0.5, 0.6) is 0 Å². The number of hydrogen-bond acceptors (Lipinski definition) is 0. The van der Waals surface area contributed by atoms with Crippen LogP contribution >= 0.6 is 0 Å². The van der Waals surface area contributed by atoms with Crippen molar-refractivity contribution in [2.75, 3.05) is 0 Å². The van der Waals surface area contributed by atoms with Crippen LogP contribution in [0.1, 0.15) is 0 Å². The van der Waals surface area contributed by atoms with Gasteiger partial charge in [-0.2, -0.15) is 0 Å². The van der Waals surface area contributed by atoms with Gasteiger partial charge in [0.1, 0.15) is 0 Å². The van der Waals surface area contributed by atoms with Crippen LogP contribution in [-0.2, 0) is 0 Å². The summed E-state index contributed by atoms with van der Waals surface area (Å²) in [7, 11) is 0. The van der Waals surface area contributed by atoms with Gasteiger partial charge in [0.05, 0.1) is 11.0 Å². The summed E-state index contributed by atoms with van der Waals surface area (Å²) >= 11 is 0. The van der Waals surface area contributed by atoms with Crippen molar-refractivity contribution in [3.05, 3.63) is 188 Å². The Hall–Kier alpha value is -7.22. The largest absolute Gasteiger partial charge is 0.309 e. The Bertz CT molecular complexity index is 3670. The fourth-order valence-corrected chi connectivity index (χ4v) is 10.0. The number of benzene rings is 12. The van der Waals surface area contributed by atoms with Crippen molar-refractivity contribution in [2.45, 2.75) is 0 Å². The quantitative estimate of drug-likeness (QED) is 0.162. The third kappa shape index (κ3) is 3.97. The Morgan fingerprint density at radius 2 is 0.745 bits per heavy atom. The van der Waals surface area contributed by atoms with Gasteiger partial charge in [0, 0.05) is 16.5 Å². The van der Waals surface area contributed by atoms with E-state index in [2.05, 4.69) is 193 Å². The predicted molar refractivity (Wildman–Crippen MR) is 237 cm³/mol. The van der Waals surface area contributed by atoms with Crippen LogP contribution in [0.15, 0.2) is 188 Å². The molecule has 0 aliphatic rings. The summed E-state index contributed by atoms with van der Waals surface area (Å²) in [6.07, 6.45) is 0. The van der Waals surface area contributed by atoms with Gasteiger partial charge in [0.25, 0.3) is 0 Å². The van der Waals surface area contributed by atoms with E-state index < -0.39 is 0 Å². The molecule has 0 atom stereocenters. The van der Waals surface area contributed by atoms with Gasteiger partial charge in [-0.1, -0.05) is 158 Å². The van der Waals surface area contributed by atoms with E-state index in [9.17, 15) is 0 Å². The molecule has 1 heteroatoms. The summed E-state index contributed by atoms with van der Waals surface area (Å²) in [6.45, 7) is 0. The SMILES string of the molecule is c1ccc(-n2c3cc(-c4ccc5ccc6cccc7ccc4c5c67)ccc3c3cc4cccc(-c5ccc6ccc7cccc8ccc5c6c78)c4cc32)cc1. The standard InChI is InChI=1S/C54H31N/c1-2-12-40(13-3-1)55-49-30-39(41-24-19-36-17-15-32-7-4-9-34-21-27-45(41)53(36)51(32)34)23-26-44(49)48-29-38-11-6-14-42(47(38)31-50(48)55)43-25-20-37-18-16-33-8-5-10-35-22-28-46(43)54(37)52(33)35/h1-31H. The second-order valence-corrected chi connectivity index (χ2v) is 15.2. The van der Waals surface area contributed by atoms with E-state index >= 15 is 0 Å². The lowest BCUT2D eigenvalue weighted by atomic mass is 9.88. The summed E-state index contributed by atoms with van der Waals surface area (Å²) in [5, 5.41) is 20.8. The average Bonchev–Trinajstić information content (AvgIpc) is 3.56. The van der Waals surface area contributed by atoms with Gasteiger partial charge in [0.2, 0.25) is 0 Å². The molecule has 1 heterocycles. The molecule has 0 unspecified atom stereocenters. The van der Waals surface area contributed by atoms with Crippen molar-refractivity contribution in [1.82, 2.24) is 4.57 Å². The normalized spacial score (nSPS) is 12.4. The van der Waals surface area contributed by atoms with E-state index in [0.29, 0.717) is 0 Å². The first-order valence-electron chi connectivity index (χ1n) is 19.2. The van der Waals surface area contributed by atoms with Crippen LogP contribution < -0.4 is 0 Å². The molecule has 252 valence electrons. The molecule has 0 amide bonds. The van der Waals surface area contributed by atoms with Gasteiger partial charge in [-0.15, -0.1) is 0 Å². The molecular weight excluding hydrogens is 663 g/mol. The molecule has 0 spiro atoms. The smallest absolute Gasteiger partial charge is 0.0547 e. The molecule has 0 bridgehead atoms. The van der Waals surface area contributed by atoms with Crippen molar-refractivity contribution < 1.29 is 0 Å². The van der Waals surface area contributed by atoms with Gasteiger partial charge >= 0.3 is 0 Å². The lowest BCUT2D eigenvalue weighted by Crippen LogP contribution is -1.94. The van der Waals surface area contributed by atoms with Crippen molar-refractivity contribution in [3.63, 3.8) is 0 Å². The van der Waals surface area contributed by atoms with E-state index in [0.717, 1.165) is 5.69 Å². The molecule has 12 aromatic carbocycles. The van der Waals surface area contributed by atoms with Gasteiger partial charge in [-0.25, -0.2) is 0 Å². The number of fused-ring (bicyclic) bond motifs is 4. The summed E-state index contributed by atoms with van der Waals surface area (Å²) in [5.74, 6) is 0. The molecule has 0 saturated heterocycles. The first-order valence-corrected chi connectivity index (χ1v) is 19.2. The zero-order valence-electron chi connectivity index (χ0n) is 29.8. The number of para-hydroxylation sites is 1. The zero-order valence-corrected chi connectivity index (χ0v) is 29.8. The highest BCUT2D eigenvalue weighted by molar-refractivity contribution is 6.28. The van der Waals surface area contributed by atoms with E-state index in [1.165, 1.54) is 119 Å². The number of nitrogens with zero attached hydrogens (tertiary/aromatic N) is 1. The Balaban J connectivity index is 1.09. The second kappa shape index (κ2) is 10.7. The zero-order chi connectivity index (χ0) is 35.8. The maximum Gasteiger partial charge on any atom is 0.0547 e. The van der Waals surface area contributed by atoms with E-state index in [4.69, 9.17) is 0 Å². The van der Waals surface area contributed by atoms with Crippen molar-refractivity contribution in [3.8, 4) is 27.9 Å². The molecule has 0 radical (unpaired) electrons. The van der Waals surface area contributed by atoms with Gasteiger partial charge < -0.3 is 4.57 Å². The topological polar surface area (TPSA) is 4.93 Å². The molecule has 0 aliphatic carbocycles. The molecule has 13 aromatic rings. The lowest BCUT2D eigenvalue weighted by molar-refractivity contribution is 1.18. The minimum Gasteiger partial charge on any atom is -0.309 e. The predicted octanol–water partition coefficient (Wildman–Crippen LogP) is 15.1. The monoisotopic (exact) mass is 693 g/mol. The average molecular weight is 694 g/mol. The first-order chi connectivity index (χ1) is 27.3. The minimum atomic E-state index is 1.16. The maximum atomic E-state index is 2.48. The Labute approximate surface area is 316 Å². The molecule has 0 N–H and O–H groups in total. The Kier molecular flexibility index (Phi) is 5.69. The van der Waals surface area contributed by atoms with Crippen molar-refractivity contribution in [1.29, 1.82) is 0 Å². The summed E-state index contributed by atoms with van der Waals surface area (Å²) in [5.41, 5.74) is 8.61. The molecule has 0 aliphatic heterocycles. The Morgan fingerprint density at radius 1 is 0.255 bits per heavy atom. The van der Waals surface area contributed by atoms with Gasteiger partial charge in [0.15, 0.2) is 0 Å². The highest BCUT2D eigenvalue weighted by Crippen LogP contribution is 2.45. The fourth-order valence-electron chi connectivity index (χ4n) is 10.0. The number of hydrogen-bond donors (Lipinski definition) is 0. The van der Waals surface area contributed by atoms with Crippen molar-refractivity contribution >= 4 is 97.2 Å². The first kappa shape index (κ1) is 29.3. The molecule has 13 rings (SSSR count). The second-order valence-electron chi connectivity index (χ2n) is 15.2. The molecule has 0 saturated carbocycles. The summed E-state index contributed by atoms with van der Waals surface area (Å²) in [4.78, 5) is 0. The maximum absolute atomic E-state index is 2.48. The van der Waals surface area contributed by atoms with E-state index in [1.54, 1.807) is 0 Å². The third-order valence-corrected chi connectivity index (χ3v) is 12.4. The van der Waals surface area contributed by atoms with E-state index in [1.807, 2.05) is 0 Å². The van der Waals surface area contributed by atoms with Gasteiger partial charge in [-0.05, 0) is 128 Å². The molecular formula is C54H31N. The third-order valence-electron chi connectivity index (χ3n) is 12.4. The lowest BCUT2D eigenvalue weighted by Gasteiger charge is -2.16. The number of rotatable bonds is 3. The van der Waals surface area contributed by atoms with Crippen LogP contribution in [0.3, 0.4) is 0 Å². The van der Waals surface area contributed by atoms with Crippen LogP contribution in [0.2, 0.25) is 0 Å². The molecule has 0 fully saturated rings. The molecule has 1 nitrogen and oxygen atoms in total. The summed E-state index contributed by atoms with van der Waals surface area (Å²) in [6, 6.07) is 70.5. The fraction of sp³-hybridized carbons (Fsp3) is 0. The molecule has 55 heavy (non-hydrogen) atoms. The Morgan fingerprint density at radius 3 is 1.42 bits per heavy atom. The van der Waals surface area contributed by atoms with Gasteiger partial charge in [-0.3, -0.25) is 0 Å². The molecule has 1 aromatic heterocycles. The summed E-state index contributed by atoms with van der Waals surface area (Å²) < 4.78 is 2.48. The van der Waals surface area contributed by atoms with Crippen LogP contribution in [0.4, 0.5) is 0 Å².